The van der Waals surface area contributed by atoms with Crippen LogP contribution in [-0.4, -0.2) is 44.7 Å². The number of carbonyl (C=O) groups is 1. The minimum absolute atomic E-state index is 0. The Labute approximate surface area is 168 Å². The fraction of sp³-hybridized carbons (Fsp3) is 0.294. The second-order valence-electron chi connectivity index (χ2n) is 6.70. The average Bonchev–Trinajstić information content (AvgIpc) is 3.25. The molecule has 3 aromatic rings. The Morgan fingerprint density at radius 3 is 2.79 bits per heavy atom. The van der Waals surface area contributed by atoms with E-state index in [0.29, 0.717) is 18.2 Å². The molecule has 1 aliphatic rings. The summed E-state index contributed by atoms with van der Waals surface area (Å²) in [6, 6.07) is 1.00. The number of nitrogens with zero attached hydrogens (tertiary/aromatic N) is 3. The molecular formula is C17H17ClFN5O3S. The molecule has 0 saturated carbocycles. The summed E-state index contributed by atoms with van der Waals surface area (Å²) in [5.41, 5.74) is 5.00. The van der Waals surface area contributed by atoms with Gasteiger partial charge in [-0.25, -0.2) is 9.78 Å². The highest BCUT2D eigenvalue weighted by molar-refractivity contribution is 7.12. The zero-order chi connectivity index (χ0) is 19.3. The van der Waals surface area contributed by atoms with Gasteiger partial charge in [-0.1, -0.05) is 6.92 Å². The van der Waals surface area contributed by atoms with E-state index in [-0.39, 0.29) is 41.2 Å². The zero-order valence-corrected chi connectivity index (χ0v) is 16.3. The van der Waals surface area contributed by atoms with Crippen LogP contribution in [0.15, 0.2) is 28.6 Å². The molecule has 1 unspecified atom stereocenters. The fourth-order valence-electron chi connectivity index (χ4n) is 3.41. The van der Waals surface area contributed by atoms with Crippen molar-refractivity contribution in [2.24, 2.45) is 11.7 Å². The number of halogens is 2. The van der Waals surface area contributed by atoms with Crippen LogP contribution in [0, 0.1) is 11.7 Å². The van der Waals surface area contributed by atoms with Gasteiger partial charge in [-0.3, -0.25) is 14.3 Å². The van der Waals surface area contributed by atoms with Crippen LogP contribution in [0.1, 0.15) is 17.3 Å². The molecule has 4 N–H and O–H groups in total. The van der Waals surface area contributed by atoms with Gasteiger partial charge in [-0.15, -0.1) is 11.3 Å². The molecule has 28 heavy (non-hydrogen) atoms. The molecule has 3 aromatic heterocycles. The number of nitrogens with two attached hydrogens (primary N) is 1. The van der Waals surface area contributed by atoms with Crippen LogP contribution >= 0.6 is 11.3 Å². The van der Waals surface area contributed by atoms with E-state index >= 15 is 0 Å². The van der Waals surface area contributed by atoms with Crippen molar-refractivity contribution in [1.29, 1.82) is 0 Å². The highest BCUT2D eigenvalue weighted by Crippen LogP contribution is 2.21. The third-order valence-corrected chi connectivity index (χ3v) is 5.67. The topological polar surface area (TPSA) is 116 Å². The van der Waals surface area contributed by atoms with Gasteiger partial charge in [0.25, 0.3) is 5.82 Å². The summed E-state index contributed by atoms with van der Waals surface area (Å²) in [5, 5.41) is 11.4. The highest BCUT2D eigenvalue weighted by atomic mass is 35.5. The van der Waals surface area contributed by atoms with Crippen LogP contribution in [0.25, 0.3) is 16.2 Å². The van der Waals surface area contributed by atoms with Gasteiger partial charge in [0, 0.05) is 23.7 Å². The minimum atomic E-state index is -1.39. The van der Waals surface area contributed by atoms with Crippen molar-refractivity contribution in [2.75, 3.05) is 13.1 Å². The van der Waals surface area contributed by atoms with Crippen molar-refractivity contribution >= 4 is 34.2 Å². The second kappa shape index (κ2) is 7.55. The number of aromatic nitrogens is 3. The number of hydrogen-bond donors (Lipinski definition) is 3. The molecule has 0 radical (unpaired) electrons. The molecule has 4 rings (SSSR count). The summed E-state index contributed by atoms with van der Waals surface area (Å²) < 4.78 is 16.2. The van der Waals surface area contributed by atoms with Gasteiger partial charge in [0.1, 0.15) is 5.56 Å². The Kier molecular flexibility index (Phi) is 5.48. The Morgan fingerprint density at radius 1 is 1.46 bits per heavy atom. The van der Waals surface area contributed by atoms with Crippen molar-refractivity contribution in [2.45, 2.75) is 13.0 Å². The monoisotopic (exact) mass is 425 g/mol. The molecule has 148 valence electrons. The number of rotatable bonds is 3. The highest BCUT2D eigenvalue weighted by Gasteiger charge is 2.35. The molecule has 1 aliphatic heterocycles. The number of carboxylic acids is 1. The average molecular weight is 426 g/mol. The van der Waals surface area contributed by atoms with Gasteiger partial charge in [0.2, 0.25) is 11.2 Å². The van der Waals surface area contributed by atoms with E-state index in [1.54, 1.807) is 11.6 Å². The number of pyridine rings is 2. The van der Waals surface area contributed by atoms with Crippen molar-refractivity contribution in [3.05, 3.63) is 45.4 Å². The quantitative estimate of drug-likeness (QED) is 0.417. The van der Waals surface area contributed by atoms with E-state index in [0.717, 1.165) is 11.0 Å². The molecule has 0 bridgehead atoms. The van der Waals surface area contributed by atoms with Gasteiger partial charge in [0.05, 0.1) is 24.5 Å². The lowest BCUT2D eigenvalue weighted by Gasteiger charge is -2.14. The smallest absolute Gasteiger partial charge is 0.341 e. The number of fused-ring (bicyclic) bond motifs is 1. The van der Waals surface area contributed by atoms with Gasteiger partial charge < -0.3 is 23.2 Å². The summed E-state index contributed by atoms with van der Waals surface area (Å²) in [6.45, 7) is 3.16. The molecular weight excluding hydrogens is 409 g/mol. The lowest BCUT2D eigenvalue weighted by molar-refractivity contribution is -0.824. The zero-order valence-electron chi connectivity index (χ0n) is 14.7. The third kappa shape index (κ3) is 3.28. The molecule has 1 fully saturated rings. The van der Waals surface area contributed by atoms with E-state index in [1.165, 1.54) is 22.1 Å². The number of carboxylic acid groups (broad SMARTS) is 1. The number of aromatic carboxylic acids is 1. The van der Waals surface area contributed by atoms with Gasteiger partial charge in [-0.05, 0) is 6.07 Å². The van der Waals surface area contributed by atoms with Crippen LogP contribution in [0.2, 0.25) is 0 Å². The maximum Gasteiger partial charge on any atom is 0.341 e. The van der Waals surface area contributed by atoms with Crippen molar-refractivity contribution < 1.29 is 31.6 Å². The maximum absolute atomic E-state index is 14.8. The standard InChI is InChI=1S/C17H16FN5O3S.ClH/c1-8-5-22(7-12(8)19)15-11(18)4-9-13(24)10(16(25)26)6-23(14(9)21-15)17-20-2-3-27-17;/h2-4,6,8,12H,5,7,19H2,1H3,(H,25,26);1H/t8-,12-;/m0./s1. The normalized spacial score (nSPS) is 21.6. The van der Waals surface area contributed by atoms with Crippen LogP contribution in [0.5, 0.6) is 0 Å². The minimum Gasteiger partial charge on any atom is -1.00 e. The van der Waals surface area contributed by atoms with E-state index in [4.69, 9.17) is 5.73 Å². The fourth-order valence-corrected chi connectivity index (χ4v) is 4.03. The summed E-state index contributed by atoms with van der Waals surface area (Å²) in [5.74, 6) is -1.65. The van der Waals surface area contributed by atoms with Crippen LogP contribution in [0.3, 0.4) is 0 Å². The summed E-state index contributed by atoms with van der Waals surface area (Å²) in [7, 11) is 0. The van der Waals surface area contributed by atoms with E-state index < -0.39 is 22.8 Å². The predicted molar refractivity (Wildman–Crippen MR) is 97.4 cm³/mol. The second-order valence-corrected chi connectivity index (χ2v) is 7.58. The van der Waals surface area contributed by atoms with Crippen molar-refractivity contribution in [3.8, 4) is 5.13 Å². The Morgan fingerprint density at radius 2 is 2.21 bits per heavy atom. The maximum atomic E-state index is 14.8. The van der Waals surface area contributed by atoms with Crippen LogP contribution < -0.4 is 28.5 Å². The number of nitrogens with one attached hydrogen (secondary N) is 1. The van der Waals surface area contributed by atoms with Crippen molar-refractivity contribution in [3.63, 3.8) is 0 Å². The number of quaternary nitrogens is 1. The van der Waals surface area contributed by atoms with E-state index in [2.05, 4.69) is 9.97 Å². The molecule has 4 heterocycles. The first-order valence-electron chi connectivity index (χ1n) is 8.36. The molecule has 11 heteroatoms. The van der Waals surface area contributed by atoms with E-state index in [1.807, 2.05) is 6.92 Å². The van der Waals surface area contributed by atoms with Gasteiger partial charge in [-0.2, -0.15) is 9.37 Å². The summed E-state index contributed by atoms with van der Waals surface area (Å²) >= 11 is 1.26. The summed E-state index contributed by atoms with van der Waals surface area (Å²) in [6.07, 6.45) is 2.75. The molecule has 0 aliphatic carbocycles. The Bertz CT molecular complexity index is 1090. The van der Waals surface area contributed by atoms with E-state index in [9.17, 15) is 19.1 Å². The lowest BCUT2D eigenvalue weighted by atomic mass is 10.1. The molecule has 0 amide bonds. The first kappa shape index (κ1) is 20.3. The van der Waals surface area contributed by atoms with Crippen LogP contribution in [0.4, 0.5) is 10.2 Å². The molecule has 0 spiro atoms. The molecule has 1 saturated heterocycles. The summed E-state index contributed by atoms with van der Waals surface area (Å²) in [4.78, 5) is 33.4. The van der Waals surface area contributed by atoms with Gasteiger partial charge >= 0.3 is 5.97 Å². The molecule has 0 aromatic carbocycles. The van der Waals surface area contributed by atoms with Crippen LogP contribution in [-0.2, 0) is 0 Å². The number of thiazole rings is 1. The lowest BCUT2D eigenvalue weighted by Crippen LogP contribution is -3.06. The molecule has 3 atom stereocenters. The predicted octanol–water partition coefficient (Wildman–Crippen LogP) is -2.82. The first-order valence-corrected chi connectivity index (χ1v) is 9.24. The SMILES string of the molecule is C[C@H]1C[NH+](c2nc3c(cc2F)c(=O)c(C(=O)O)cn3-c2nccs2)C[C@@H]1N.[Cl-]. The Balaban J connectivity index is 0.00000225. The molecule has 8 nitrogen and oxygen atoms in total. The van der Waals surface area contributed by atoms with Gasteiger partial charge in [0.15, 0.2) is 10.8 Å². The number of hydrogen-bond acceptors (Lipinski definition) is 6. The Hall–Kier alpha value is -2.40. The third-order valence-electron chi connectivity index (χ3n) is 4.90. The first-order chi connectivity index (χ1) is 12.9. The van der Waals surface area contributed by atoms with Crippen molar-refractivity contribution in [1.82, 2.24) is 14.5 Å². The largest absolute Gasteiger partial charge is 1.00 e.